The van der Waals surface area contributed by atoms with E-state index in [1.807, 2.05) is 48.5 Å². The van der Waals surface area contributed by atoms with E-state index < -0.39 is 0 Å². The summed E-state index contributed by atoms with van der Waals surface area (Å²) in [5, 5.41) is 9.84. The monoisotopic (exact) mass is 276 g/mol. The van der Waals surface area contributed by atoms with Crippen molar-refractivity contribution in [1.82, 2.24) is 4.98 Å². The van der Waals surface area contributed by atoms with Crippen molar-refractivity contribution in [3.05, 3.63) is 60.3 Å². The molecule has 3 N–H and O–H groups in total. The van der Waals surface area contributed by atoms with Crippen LogP contribution in [0.1, 0.15) is 5.56 Å². The first kappa shape index (κ1) is 12.9. The molecule has 0 atom stereocenters. The van der Waals surface area contributed by atoms with Crippen LogP contribution >= 0.6 is 0 Å². The van der Waals surface area contributed by atoms with Gasteiger partial charge >= 0.3 is 0 Å². The number of rotatable bonds is 3. The summed E-state index contributed by atoms with van der Waals surface area (Å²) in [7, 11) is 0. The SMILES string of the molecule is N#Cc1cnc2ccc(Oc3ccccc3)cc2c1NN. The van der Waals surface area contributed by atoms with Crippen LogP contribution in [0.15, 0.2) is 54.7 Å². The Hall–Kier alpha value is -3.10. The molecule has 0 spiro atoms. The van der Waals surface area contributed by atoms with Gasteiger partial charge in [0.2, 0.25) is 0 Å². The Kier molecular flexibility index (Phi) is 3.37. The fourth-order valence-electron chi connectivity index (χ4n) is 2.10. The highest BCUT2D eigenvalue weighted by Gasteiger charge is 2.09. The maximum absolute atomic E-state index is 9.10. The Balaban J connectivity index is 2.08. The minimum absolute atomic E-state index is 0.391. The Labute approximate surface area is 121 Å². The lowest BCUT2D eigenvalue weighted by atomic mass is 10.1. The van der Waals surface area contributed by atoms with Crippen molar-refractivity contribution < 1.29 is 4.74 Å². The second-order valence-corrected chi connectivity index (χ2v) is 4.40. The van der Waals surface area contributed by atoms with E-state index in [4.69, 9.17) is 15.8 Å². The van der Waals surface area contributed by atoms with Crippen LogP contribution in [-0.4, -0.2) is 4.98 Å². The van der Waals surface area contributed by atoms with Gasteiger partial charge in [-0.05, 0) is 30.3 Å². The fraction of sp³-hybridized carbons (Fsp3) is 0. The number of nitrogens with zero attached hydrogens (tertiary/aromatic N) is 2. The van der Waals surface area contributed by atoms with Gasteiger partial charge in [-0.2, -0.15) is 5.26 Å². The smallest absolute Gasteiger partial charge is 0.128 e. The van der Waals surface area contributed by atoms with Gasteiger partial charge in [-0.25, -0.2) is 0 Å². The van der Waals surface area contributed by atoms with Gasteiger partial charge in [0.05, 0.1) is 16.8 Å². The Morgan fingerprint density at radius 2 is 1.90 bits per heavy atom. The average molecular weight is 276 g/mol. The molecule has 0 amide bonds. The molecule has 0 unspecified atom stereocenters. The topological polar surface area (TPSA) is 84.0 Å². The maximum Gasteiger partial charge on any atom is 0.128 e. The number of nitrogens with two attached hydrogens (primary N) is 1. The van der Waals surface area contributed by atoms with Crippen molar-refractivity contribution in [2.24, 2.45) is 5.84 Å². The number of aromatic nitrogens is 1. The first-order valence-corrected chi connectivity index (χ1v) is 6.34. The van der Waals surface area contributed by atoms with E-state index in [9.17, 15) is 0 Å². The fourth-order valence-corrected chi connectivity index (χ4v) is 2.10. The van der Waals surface area contributed by atoms with E-state index >= 15 is 0 Å². The number of ether oxygens (including phenoxy) is 1. The molecule has 3 rings (SSSR count). The lowest BCUT2D eigenvalue weighted by molar-refractivity contribution is 0.483. The third-order valence-corrected chi connectivity index (χ3v) is 3.08. The highest BCUT2D eigenvalue weighted by Crippen LogP contribution is 2.30. The molecular formula is C16H12N4O. The van der Waals surface area contributed by atoms with Crippen molar-refractivity contribution >= 4 is 16.6 Å². The number of nitrogens with one attached hydrogen (secondary N) is 1. The van der Waals surface area contributed by atoms with Crippen LogP contribution in [-0.2, 0) is 0 Å². The Morgan fingerprint density at radius 3 is 2.62 bits per heavy atom. The van der Waals surface area contributed by atoms with Crippen molar-refractivity contribution in [3.63, 3.8) is 0 Å². The average Bonchev–Trinajstić information content (AvgIpc) is 2.54. The predicted molar refractivity (Wildman–Crippen MR) is 80.8 cm³/mol. The number of pyridine rings is 1. The molecule has 5 nitrogen and oxygen atoms in total. The molecule has 5 heteroatoms. The van der Waals surface area contributed by atoms with E-state index in [-0.39, 0.29) is 0 Å². The number of anilines is 1. The molecule has 0 radical (unpaired) electrons. The lowest BCUT2D eigenvalue weighted by Crippen LogP contribution is -2.09. The molecule has 0 aliphatic carbocycles. The summed E-state index contributed by atoms with van der Waals surface area (Å²) in [4.78, 5) is 4.24. The van der Waals surface area contributed by atoms with Crippen molar-refractivity contribution in [1.29, 1.82) is 5.26 Å². The standard InChI is InChI=1S/C16H12N4O/c17-9-11-10-19-15-7-6-13(8-14(15)16(11)20-18)21-12-4-2-1-3-5-12/h1-8,10H,18H2,(H,19,20). The Morgan fingerprint density at radius 1 is 1.10 bits per heavy atom. The van der Waals surface area contributed by atoms with Gasteiger partial charge in [0, 0.05) is 11.6 Å². The van der Waals surface area contributed by atoms with Gasteiger partial charge in [0.15, 0.2) is 0 Å². The molecule has 1 aromatic heterocycles. The number of hydrogen-bond donors (Lipinski definition) is 2. The molecule has 1 heterocycles. The van der Waals surface area contributed by atoms with E-state index in [1.165, 1.54) is 6.20 Å². The summed E-state index contributed by atoms with van der Waals surface area (Å²) in [5.41, 5.74) is 4.23. The molecule has 3 aromatic rings. The zero-order chi connectivity index (χ0) is 14.7. The second kappa shape index (κ2) is 5.49. The van der Waals surface area contributed by atoms with E-state index in [0.29, 0.717) is 17.0 Å². The molecule has 21 heavy (non-hydrogen) atoms. The minimum Gasteiger partial charge on any atom is -0.457 e. The molecule has 102 valence electrons. The summed E-state index contributed by atoms with van der Waals surface area (Å²) in [6.45, 7) is 0. The molecule has 0 fully saturated rings. The molecule has 2 aromatic carbocycles. The number of nitriles is 1. The number of fused-ring (bicyclic) bond motifs is 1. The largest absolute Gasteiger partial charge is 0.457 e. The summed E-state index contributed by atoms with van der Waals surface area (Å²) in [6, 6.07) is 17.0. The molecule has 0 saturated carbocycles. The summed E-state index contributed by atoms with van der Waals surface area (Å²) < 4.78 is 5.78. The number of hydrogen-bond acceptors (Lipinski definition) is 5. The molecule has 0 aliphatic heterocycles. The van der Waals surface area contributed by atoms with Gasteiger partial charge in [0.25, 0.3) is 0 Å². The van der Waals surface area contributed by atoms with Crippen molar-refractivity contribution in [2.45, 2.75) is 0 Å². The molecule has 0 saturated heterocycles. The zero-order valence-corrected chi connectivity index (χ0v) is 11.1. The van der Waals surface area contributed by atoms with Crippen molar-refractivity contribution in [2.75, 3.05) is 5.43 Å². The van der Waals surface area contributed by atoms with Gasteiger partial charge in [0.1, 0.15) is 17.6 Å². The quantitative estimate of drug-likeness (QED) is 0.567. The molecule has 0 aliphatic rings. The number of hydrazine groups is 1. The lowest BCUT2D eigenvalue weighted by Gasteiger charge is -2.10. The minimum atomic E-state index is 0.391. The zero-order valence-electron chi connectivity index (χ0n) is 11.1. The van der Waals surface area contributed by atoms with Gasteiger partial charge in [-0.15, -0.1) is 0 Å². The van der Waals surface area contributed by atoms with Crippen LogP contribution < -0.4 is 16.0 Å². The second-order valence-electron chi connectivity index (χ2n) is 4.40. The van der Waals surface area contributed by atoms with Gasteiger partial charge in [-0.3, -0.25) is 10.8 Å². The van der Waals surface area contributed by atoms with Gasteiger partial charge < -0.3 is 10.2 Å². The molecule has 0 bridgehead atoms. The van der Waals surface area contributed by atoms with Crippen LogP contribution in [0, 0.1) is 11.3 Å². The van der Waals surface area contributed by atoms with E-state index in [1.54, 1.807) is 0 Å². The summed E-state index contributed by atoms with van der Waals surface area (Å²) in [6.07, 6.45) is 1.50. The number of para-hydroxylation sites is 1. The molecular weight excluding hydrogens is 264 g/mol. The maximum atomic E-state index is 9.10. The first-order chi connectivity index (χ1) is 10.3. The predicted octanol–water partition coefficient (Wildman–Crippen LogP) is 3.18. The number of nitrogen functional groups attached to an aromatic ring is 1. The van der Waals surface area contributed by atoms with Crippen LogP contribution in [0.5, 0.6) is 11.5 Å². The summed E-state index contributed by atoms with van der Waals surface area (Å²) in [5.74, 6) is 6.92. The van der Waals surface area contributed by atoms with Crippen LogP contribution in [0.2, 0.25) is 0 Å². The normalized spacial score (nSPS) is 10.1. The van der Waals surface area contributed by atoms with Crippen molar-refractivity contribution in [3.8, 4) is 17.6 Å². The van der Waals surface area contributed by atoms with Gasteiger partial charge in [-0.1, -0.05) is 18.2 Å². The highest BCUT2D eigenvalue weighted by molar-refractivity contribution is 5.94. The Bertz CT molecular complexity index is 825. The number of benzene rings is 2. The van der Waals surface area contributed by atoms with Crippen LogP contribution in [0.3, 0.4) is 0 Å². The van der Waals surface area contributed by atoms with E-state index in [0.717, 1.165) is 16.7 Å². The highest BCUT2D eigenvalue weighted by atomic mass is 16.5. The van der Waals surface area contributed by atoms with E-state index in [2.05, 4.69) is 16.5 Å². The summed E-state index contributed by atoms with van der Waals surface area (Å²) >= 11 is 0. The first-order valence-electron chi connectivity index (χ1n) is 6.34. The third kappa shape index (κ3) is 2.48. The third-order valence-electron chi connectivity index (χ3n) is 3.08. The van der Waals surface area contributed by atoms with Crippen LogP contribution in [0.25, 0.3) is 10.9 Å². The van der Waals surface area contributed by atoms with Crippen LogP contribution in [0.4, 0.5) is 5.69 Å².